The molecule has 1 unspecified atom stereocenters. The second kappa shape index (κ2) is 7.80. The first-order chi connectivity index (χ1) is 11.8. The van der Waals surface area contributed by atoms with E-state index in [2.05, 4.69) is 5.32 Å². The molecule has 1 amide bonds. The summed E-state index contributed by atoms with van der Waals surface area (Å²) in [6.07, 6.45) is 0.741. The standard InChI is InChI=1S/C19H24N2O3S/c1-5-18(15-11-9-14(2)10-12-15)20-19(22)16-7-6-8-17(13-16)25(23,24)21(3)4/h6-13,18H,5H2,1-4H3,(H,20,22). The van der Waals surface area contributed by atoms with E-state index >= 15 is 0 Å². The van der Waals surface area contributed by atoms with Crippen molar-refractivity contribution in [3.63, 3.8) is 0 Å². The predicted octanol–water partition coefficient (Wildman–Crippen LogP) is 3.13. The van der Waals surface area contributed by atoms with E-state index in [0.717, 1.165) is 21.9 Å². The number of rotatable bonds is 6. The van der Waals surface area contributed by atoms with E-state index in [4.69, 9.17) is 0 Å². The Hall–Kier alpha value is -2.18. The molecule has 0 spiro atoms. The monoisotopic (exact) mass is 360 g/mol. The molecule has 0 aliphatic rings. The van der Waals surface area contributed by atoms with Crippen molar-refractivity contribution >= 4 is 15.9 Å². The van der Waals surface area contributed by atoms with Crippen LogP contribution in [0, 0.1) is 6.92 Å². The molecule has 6 heteroatoms. The molecule has 134 valence electrons. The SMILES string of the molecule is CCC(NC(=O)c1cccc(S(=O)(=O)N(C)C)c1)c1ccc(C)cc1. The van der Waals surface area contributed by atoms with Gasteiger partial charge >= 0.3 is 0 Å². The van der Waals surface area contributed by atoms with Crippen molar-refractivity contribution in [2.45, 2.75) is 31.2 Å². The fourth-order valence-corrected chi connectivity index (χ4v) is 3.42. The summed E-state index contributed by atoms with van der Waals surface area (Å²) < 4.78 is 25.6. The van der Waals surface area contributed by atoms with Crippen LogP contribution in [0.1, 0.15) is 40.9 Å². The van der Waals surface area contributed by atoms with Crippen LogP contribution in [0.25, 0.3) is 0 Å². The van der Waals surface area contributed by atoms with E-state index in [0.29, 0.717) is 5.56 Å². The van der Waals surface area contributed by atoms with Gasteiger partial charge in [0.25, 0.3) is 5.91 Å². The molecule has 25 heavy (non-hydrogen) atoms. The van der Waals surface area contributed by atoms with Gasteiger partial charge in [-0.15, -0.1) is 0 Å². The first-order valence-electron chi connectivity index (χ1n) is 8.15. The molecule has 0 aliphatic carbocycles. The lowest BCUT2D eigenvalue weighted by atomic mass is 10.0. The van der Waals surface area contributed by atoms with Crippen LogP contribution in [0.3, 0.4) is 0 Å². The summed E-state index contributed by atoms with van der Waals surface area (Å²) in [7, 11) is -0.641. The van der Waals surface area contributed by atoms with Gasteiger partial charge in [0.1, 0.15) is 0 Å². The highest BCUT2D eigenvalue weighted by molar-refractivity contribution is 7.89. The van der Waals surface area contributed by atoms with E-state index in [-0.39, 0.29) is 16.8 Å². The van der Waals surface area contributed by atoms with Crippen molar-refractivity contribution in [1.29, 1.82) is 0 Å². The van der Waals surface area contributed by atoms with E-state index in [1.165, 1.54) is 26.2 Å². The molecule has 0 saturated carbocycles. The maximum absolute atomic E-state index is 12.6. The lowest BCUT2D eigenvalue weighted by Gasteiger charge is -2.18. The van der Waals surface area contributed by atoms with Crippen molar-refractivity contribution < 1.29 is 13.2 Å². The number of hydrogen-bond donors (Lipinski definition) is 1. The van der Waals surface area contributed by atoms with E-state index < -0.39 is 10.0 Å². The third kappa shape index (κ3) is 4.46. The van der Waals surface area contributed by atoms with Crippen LogP contribution >= 0.6 is 0 Å². The van der Waals surface area contributed by atoms with Gasteiger partial charge < -0.3 is 5.32 Å². The zero-order chi connectivity index (χ0) is 18.6. The number of nitrogens with zero attached hydrogens (tertiary/aromatic N) is 1. The van der Waals surface area contributed by atoms with Crippen LogP contribution in [0.15, 0.2) is 53.4 Å². The molecule has 0 aliphatic heterocycles. The van der Waals surface area contributed by atoms with Crippen LogP contribution in [-0.2, 0) is 10.0 Å². The number of amides is 1. The molecule has 1 N–H and O–H groups in total. The number of sulfonamides is 1. The van der Waals surface area contributed by atoms with Crippen molar-refractivity contribution in [2.24, 2.45) is 0 Å². The Morgan fingerprint density at radius 1 is 1.12 bits per heavy atom. The molecule has 2 aromatic carbocycles. The summed E-state index contributed by atoms with van der Waals surface area (Å²) in [4.78, 5) is 12.7. The molecule has 0 aromatic heterocycles. The highest BCUT2D eigenvalue weighted by atomic mass is 32.2. The molecular weight excluding hydrogens is 336 g/mol. The largest absolute Gasteiger partial charge is 0.345 e. The highest BCUT2D eigenvalue weighted by Gasteiger charge is 2.20. The fourth-order valence-electron chi connectivity index (χ4n) is 2.47. The van der Waals surface area contributed by atoms with Crippen LogP contribution in [0.2, 0.25) is 0 Å². The number of hydrogen-bond acceptors (Lipinski definition) is 3. The highest BCUT2D eigenvalue weighted by Crippen LogP contribution is 2.19. The summed E-state index contributed by atoms with van der Waals surface area (Å²) in [6, 6.07) is 14.0. The summed E-state index contributed by atoms with van der Waals surface area (Å²) >= 11 is 0. The van der Waals surface area contributed by atoms with E-state index in [9.17, 15) is 13.2 Å². The van der Waals surface area contributed by atoms with Crippen molar-refractivity contribution in [3.8, 4) is 0 Å². The molecule has 0 heterocycles. The molecule has 2 rings (SSSR count). The zero-order valence-electron chi connectivity index (χ0n) is 15.0. The van der Waals surface area contributed by atoms with Gasteiger partial charge in [-0.2, -0.15) is 0 Å². The minimum atomic E-state index is -3.57. The van der Waals surface area contributed by atoms with Gasteiger partial charge in [0.2, 0.25) is 10.0 Å². The summed E-state index contributed by atoms with van der Waals surface area (Å²) in [6.45, 7) is 4.01. The Kier molecular flexibility index (Phi) is 5.98. The first-order valence-corrected chi connectivity index (χ1v) is 9.59. The maximum Gasteiger partial charge on any atom is 0.251 e. The zero-order valence-corrected chi connectivity index (χ0v) is 15.8. The Morgan fingerprint density at radius 3 is 2.32 bits per heavy atom. The lowest BCUT2D eigenvalue weighted by molar-refractivity contribution is 0.0935. The Labute approximate surface area is 149 Å². The number of nitrogens with one attached hydrogen (secondary N) is 1. The number of aryl methyl sites for hydroxylation is 1. The summed E-state index contributed by atoms with van der Waals surface area (Å²) in [5.41, 5.74) is 2.51. The Balaban J connectivity index is 2.24. The minimum absolute atomic E-state index is 0.105. The predicted molar refractivity (Wildman–Crippen MR) is 99.0 cm³/mol. The van der Waals surface area contributed by atoms with Gasteiger partial charge in [0.05, 0.1) is 10.9 Å². The average Bonchev–Trinajstić information content (AvgIpc) is 2.60. The van der Waals surface area contributed by atoms with Crippen molar-refractivity contribution in [3.05, 3.63) is 65.2 Å². The van der Waals surface area contributed by atoms with Crippen LogP contribution in [0.5, 0.6) is 0 Å². The third-order valence-electron chi connectivity index (χ3n) is 4.07. The maximum atomic E-state index is 12.6. The lowest BCUT2D eigenvalue weighted by Crippen LogP contribution is -2.28. The van der Waals surface area contributed by atoms with Gasteiger partial charge in [-0.3, -0.25) is 4.79 Å². The third-order valence-corrected chi connectivity index (χ3v) is 5.88. The molecule has 0 radical (unpaired) electrons. The average molecular weight is 360 g/mol. The van der Waals surface area contributed by atoms with Crippen LogP contribution in [0.4, 0.5) is 0 Å². The van der Waals surface area contributed by atoms with Gasteiger partial charge in [-0.05, 0) is 37.1 Å². The molecule has 0 bridgehead atoms. The smallest absolute Gasteiger partial charge is 0.251 e. The Morgan fingerprint density at radius 2 is 1.76 bits per heavy atom. The van der Waals surface area contributed by atoms with E-state index in [1.54, 1.807) is 12.1 Å². The van der Waals surface area contributed by atoms with Crippen LogP contribution in [-0.4, -0.2) is 32.7 Å². The van der Waals surface area contributed by atoms with Gasteiger partial charge in [-0.25, -0.2) is 12.7 Å². The minimum Gasteiger partial charge on any atom is -0.345 e. The van der Waals surface area contributed by atoms with Crippen molar-refractivity contribution in [1.82, 2.24) is 9.62 Å². The number of carbonyl (C=O) groups excluding carboxylic acids is 1. The molecule has 2 aromatic rings. The van der Waals surface area contributed by atoms with Gasteiger partial charge in [0, 0.05) is 19.7 Å². The number of carbonyl (C=O) groups is 1. The topological polar surface area (TPSA) is 66.5 Å². The van der Waals surface area contributed by atoms with Gasteiger partial charge in [-0.1, -0.05) is 42.8 Å². The molecular formula is C19H24N2O3S. The quantitative estimate of drug-likeness (QED) is 0.861. The first kappa shape index (κ1) is 19.1. The molecule has 0 saturated heterocycles. The van der Waals surface area contributed by atoms with Crippen molar-refractivity contribution in [2.75, 3.05) is 14.1 Å². The normalized spacial score (nSPS) is 12.8. The molecule has 0 fully saturated rings. The van der Waals surface area contributed by atoms with Gasteiger partial charge in [0.15, 0.2) is 0 Å². The second-order valence-electron chi connectivity index (χ2n) is 6.16. The number of benzene rings is 2. The van der Waals surface area contributed by atoms with Crippen LogP contribution < -0.4 is 5.32 Å². The molecule has 1 atom stereocenters. The summed E-state index contributed by atoms with van der Waals surface area (Å²) in [5, 5.41) is 2.98. The fraction of sp³-hybridized carbons (Fsp3) is 0.316. The summed E-state index contributed by atoms with van der Waals surface area (Å²) in [5.74, 6) is -0.289. The second-order valence-corrected chi connectivity index (χ2v) is 8.31. The molecule has 5 nitrogen and oxygen atoms in total. The Bertz CT molecular complexity index is 843. The van der Waals surface area contributed by atoms with E-state index in [1.807, 2.05) is 38.1 Å².